The summed E-state index contributed by atoms with van der Waals surface area (Å²) in [4.78, 5) is 24.6. The van der Waals surface area contributed by atoms with Crippen molar-refractivity contribution in [3.8, 4) is 0 Å². The molecule has 2 fully saturated rings. The highest BCUT2D eigenvalue weighted by molar-refractivity contribution is 7.89. The molecule has 0 aromatic heterocycles. The van der Waals surface area contributed by atoms with Crippen LogP contribution in [0.5, 0.6) is 0 Å². The summed E-state index contributed by atoms with van der Waals surface area (Å²) in [6.45, 7) is 2.60. The molecule has 1 aromatic rings. The third-order valence-corrected chi connectivity index (χ3v) is 7.88. The van der Waals surface area contributed by atoms with Crippen LogP contribution in [0.1, 0.15) is 55.8 Å². The largest absolute Gasteiger partial charge is 0.452 e. The molecule has 7 nitrogen and oxygen atoms in total. The van der Waals surface area contributed by atoms with Gasteiger partial charge in [0.25, 0.3) is 5.91 Å². The van der Waals surface area contributed by atoms with Crippen LogP contribution in [0.25, 0.3) is 0 Å². The quantitative estimate of drug-likeness (QED) is 0.683. The summed E-state index contributed by atoms with van der Waals surface area (Å²) in [5.41, 5.74) is -0.0641. The zero-order chi connectivity index (χ0) is 21.0. The number of hydrogen-bond acceptors (Lipinski definition) is 5. The molecular weight excluding hydrogens is 416 g/mol. The fourth-order valence-electron chi connectivity index (χ4n) is 3.89. The number of carbonyl (C=O) groups is 2. The van der Waals surface area contributed by atoms with Gasteiger partial charge in [-0.3, -0.25) is 4.79 Å². The molecule has 1 saturated heterocycles. The fourth-order valence-corrected chi connectivity index (χ4v) is 5.63. The molecule has 1 aromatic carbocycles. The van der Waals surface area contributed by atoms with Crippen LogP contribution in [0.4, 0.5) is 0 Å². The maximum atomic E-state index is 12.7. The van der Waals surface area contributed by atoms with Crippen LogP contribution in [-0.2, 0) is 19.6 Å². The van der Waals surface area contributed by atoms with E-state index in [0.29, 0.717) is 19.0 Å². The van der Waals surface area contributed by atoms with E-state index >= 15 is 0 Å². The van der Waals surface area contributed by atoms with Crippen LogP contribution in [0, 0.1) is 5.92 Å². The zero-order valence-corrected chi connectivity index (χ0v) is 18.1. The van der Waals surface area contributed by atoms with E-state index in [-0.39, 0.29) is 27.4 Å². The normalized spacial score (nSPS) is 23.0. The van der Waals surface area contributed by atoms with Gasteiger partial charge in [-0.2, -0.15) is 4.31 Å². The van der Waals surface area contributed by atoms with Crippen molar-refractivity contribution in [3.63, 3.8) is 0 Å². The number of benzene rings is 1. The van der Waals surface area contributed by atoms with Crippen LogP contribution in [-0.4, -0.2) is 50.3 Å². The van der Waals surface area contributed by atoms with Crippen molar-refractivity contribution < 1.29 is 22.7 Å². The lowest BCUT2D eigenvalue weighted by atomic mass is 9.86. The summed E-state index contributed by atoms with van der Waals surface area (Å²) in [7, 11) is -3.68. The average molecular weight is 443 g/mol. The first-order valence-corrected chi connectivity index (χ1v) is 11.9. The molecule has 2 unspecified atom stereocenters. The Morgan fingerprint density at radius 3 is 2.55 bits per heavy atom. The molecule has 1 aliphatic carbocycles. The highest BCUT2D eigenvalue weighted by atomic mass is 35.5. The van der Waals surface area contributed by atoms with E-state index in [1.807, 2.05) is 0 Å². The lowest BCUT2D eigenvalue weighted by Gasteiger charge is -2.29. The van der Waals surface area contributed by atoms with Gasteiger partial charge in [-0.1, -0.05) is 31.4 Å². The Kier molecular flexibility index (Phi) is 7.19. The van der Waals surface area contributed by atoms with E-state index < -0.39 is 22.6 Å². The van der Waals surface area contributed by atoms with E-state index in [1.54, 1.807) is 0 Å². The molecule has 1 saturated carbocycles. The Morgan fingerprint density at radius 2 is 1.86 bits per heavy atom. The topological polar surface area (TPSA) is 92.8 Å². The zero-order valence-electron chi connectivity index (χ0n) is 16.5. The third-order valence-electron chi connectivity index (χ3n) is 5.65. The van der Waals surface area contributed by atoms with Crippen molar-refractivity contribution in [2.24, 2.45) is 5.92 Å². The summed E-state index contributed by atoms with van der Waals surface area (Å²) >= 11 is 6.08. The van der Waals surface area contributed by atoms with Gasteiger partial charge in [-0.25, -0.2) is 13.2 Å². The minimum Gasteiger partial charge on any atom is -0.452 e. The number of halogens is 1. The summed E-state index contributed by atoms with van der Waals surface area (Å²) in [6.07, 6.45) is 5.86. The fraction of sp³-hybridized carbons (Fsp3) is 0.600. The van der Waals surface area contributed by atoms with Gasteiger partial charge in [0.05, 0.1) is 15.5 Å². The molecule has 1 amide bonds. The van der Waals surface area contributed by atoms with Gasteiger partial charge in [-0.05, 0) is 49.8 Å². The number of esters is 1. The number of sulfonamides is 1. The monoisotopic (exact) mass is 442 g/mol. The molecule has 9 heteroatoms. The highest BCUT2D eigenvalue weighted by Crippen LogP contribution is 2.26. The lowest BCUT2D eigenvalue weighted by Crippen LogP contribution is -2.42. The summed E-state index contributed by atoms with van der Waals surface area (Å²) in [5.74, 6) is -0.792. The number of amides is 1. The highest BCUT2D eigenvalue weighted by Gasteiger charge is 2.29. The van der Waals surface area contributed by atoms with Crippen molar-refractivity contribution in [2.45, 2.75) is 56.4 Å². The molecule has 1 aliphatic heterocycles. The minimum atomic E-state index is -3.68. The molecular formula is C20H27ClN2O5S. The second-order valence-corrected chi connectivity index (χ2v) is 10.1. The first-order chi connectivity index (χ1) is 13.8. The van der Waals surface area contributed by atoms with E-state index in [1.165, 1.54) is 22.5 Å². The van der Waals surface area contributed by atoms with Gasteiger partial charge in [0.1, 0.15) is 0 Å². The molecule has 3 rings (SSSR count). The number of ether oxygens (including phenoxy) is 1. The van der Waals surface area contributed by atoms with Crippen LogP contribution >= 0.6 is 11.6 Å². The summed E-state index contributed by atoms with van der Waals surface area (Å²) in [6, 6.07) is 4.06. The Balaban J connectivity index is 1.63. The van der Waals surface area contributed by atoms with E-state index in [9.17, 15) is 18.0 Å². The first-order valence-electron chi connectivity index (χ1n) is 10.0. The molecule has 1 heterocycles. The van der Waals surface area contributed by atoms with Gasteiger partial charge < -0.3 is 10.1 Å². The maximum absolute atomic E-state index is 12.7. The smallest absolute Gasteiger partial charge is 0.340 e. The molecule has 1 N–H and O–H groups in total. The summed E-state index contributed by atoms with van der Waals surface area (Å²) < 4.78 is 31.9. The standard InChI is InChI=1S/C20H27ClN2O5S/c1-14-6-2-3-7-18(14)22-19(24)13-28-20(25)16-12-15(8-9-17(16)21)29(26,27)23-10-4-5-11-23/h8-9,12,14,18H,2-7,10-11,13H2,1H3,(H,22,24). The van der Waals surface area contributed by atoms with E-state index in [0.717, 1.165) is 38.5 Å². The van der Waals surface area contributed by atoms with E-state index in [4.69, 9.17) is 16.3 Å². The predicted octanol–water partition coefficient (Wildman–Crippen LogP) is 2.98. The lowest BCUT2D eigenvalue weighted by molar-refractivity contribution is -0.125. The van der Waals surface area contributed by atoms with Crippen LogP contribution < -0.4 is 5.32 Å². The first kappa shape index (κ1) is 22.1. The van der Waals surface area contributed by atoms with Crippen LogP contribution in [0.3, 0.4) is 0 Å². The van der Waals surface area contributed by atoms with Gasteiger partial charge >= 0.3 is 5.97 Å². The second-order valence-electron chi connectivity index (χ2n) is 7.76. The third kappa shape index (κ3) is 5.29. The second kappa shape index (κ2) is 9.45. The van der Waals surface area contributed by atoms with Crippen molar-refractivity contribution >= 4 is 33.5 Å². The number of hydrogen-bond donors (Lipinski definition) is 1. The van der Waals surface area contributed by atoms with Crippen LogP contribution in [0.2, 0.25) is 5.02 Å². The predicted molar refractivity (Wildman–Crippen MR) is 109 cm³/mol. The van der Waals surface area contributed by atoms with E-state index in [2.05, 4.69) is 12.2 Å². The van der Waals surface area contributed by atoms with Crippen LogP contribution in [0.15, 0.2) is 23.1 Å². The van der Waals surface area contributed by atoms with Gasteiger partial charge in [0.2, 0.25) is 10.0 Å². The molecule has 2 aliphatic rings. The Morgan fingerprint density at radius 1 is 1.17 bits per heavy atom. The van der Waals surface area contributed by atoms with Gasteiger partial charge in [0.15, 0.2) is 6.61 Å². The number of rotatable bonds is 6. The van der Waals surface area contributed by atoms with Gasteiger partial charge in [-0.15, -0.1) is 0 Å². The Labute approximate surface area is 176 Å². The molecule has 0 spiro atoms. The number of nitrogens with one attached hydrogen (secondary N) is 1. The number of carbonyl (C=O) groups excluding carboxylic acids is 2. The van der Waals surface area contributed by atoms with Crippen molar-refractivity contribution in [3.05, 3.63) is 28.8 Å². The molecule has 2 atom stereocenters. The SMILES string of the molecule is CC1CCCCC1NC(=O)COC(=O)c1cc(S(=O)(=O)N2CCCC2)ccc1Cl. The molecule has 0 radical (unpaired) electrons. The van der Waals surface area contributed by atoms with Crippen molar-refractivity contribution in [2.75, 3.05) is 19.7 Å². The molecule has 29 heavy (non-hydrogen) atoms. The Bertz CT molecular complexity index is 868. The van der Waals surface area contributed by atoms with Gasteiger partial charge in [0, 0.05) is 19.1 Å². The average Bonchev–Trinajstić information content (AvgIpc) is 3.24. The number of nitrogens with zero attached hydrogens (tertiary/aromatic N) is 1. The molecule has 160 valence electrons. The minimum absolute atomic E-state index is 0.00349. The Hall–Kier alpha value is -1.64. The maximum Gasteiger partial charge on any atom is 0.340 e. The summed E-state index contributed by atoms with van der Waals surface area (Å²) in [5, 5.41) is 2.99. The molecule has 0 bridgehead atoms. The van der Waals surface area contributed by atoms with Crippen molar-refractivity contribution in [1.82, 2.24) is 9.62 Å². The van der Waals surface area contributed by atoms with Crippen molar-refractivity contribution in [1.29, 1.82) is 0 Å².